The van der Waals surface area contributed by atoms with E-state index in [1.807, 2.05) is 6.21 Å². The Hall–Kier alpha value is -2.10. The van der Waals surface area contributed by atoms with Crippen LogP contribution < -0.4 is 5.73 Å². The lowest BCUT2D eigenvalue weighted by Crippen LogP contribution is -2.35. The summed E-state index contributed by atoms with van der Waals surface area (Å²) in [6, 6.07) is 7.08. The average molecular weight is 267 g/mol. The van der Waals surface area contributed by atoms with Crippen LogP contribution in [-0.4, -0.2) is 30.9 Å². The topological polar surface area (TPSA) is 60.0 Å². The van der Waals surface area contributed by atoms with Crippen LogP contribution in [-0.2, 0) is 17.6 Å². The van der Waals surface area contributed by atoms with Crippen molar-refractivity contribution in [3.63, 3.8) is 0 Å². The first-order valence-electron chi connectivity index (χ1n) is 7.03. The highest BCUT2D eigenvalue weighted by Crippen LogP contribution is 2.35. The van der Waals surface area contributed by atoms with Gasteiger partial charge in [-0.05, 0) is 41.2 Å². The monoisotopic (exact) mass is 267 g/mol. The first-order valence-corrected chi connectivity index (χ1v) is 7.03. The second kappa shape index (κ2) is 4.20. The van der Waals surface area contributed by atoms with E-state index in [1.54, 1.807) is 0 Å². The van der Waals surface area contributed by atoms with Gasteiger partial charge in [-0.15, -0.1) is 0 Å². The Labute approximate surface area is 118 Å². The Morgan fingerprint density at radius 1 is 1.25 bits per heavy atom. The van der Waals surface area contributed by atoms with Gasteiger partial charge in [-0.2, -0.15) is 0 Å². The molecule has 0 aromatic heterocycles. The molecule has 1 aromatic rings. The number of hydrogen-bond donors (Lipinski definition) is 1. The van der Waals surface area contributed by atoms with Gasteiger partial charge in [0.15, 0.2) is 0 Å². The van der Waals surface area contributed by atoms with Gasteiger partial charge in [0.1, 0.15) is 12.1 Å². The van der Waals surface area contributed by atoms with Crippen molar-refractivity contribution in [2.24, 2.45) is 15.7 Å². The minimum atomic E-state index is -0.117. The van der Waals surface area contributed by atoms with Crippen LogP contribution in [0.1, 0.15) is 23.1 Å². The number of aliphatic imine (C=N–C) groups is 2. The van der Waals surface area contributed by atoms with Crippen LogP contribution in [0.25, 0.3) is 5.57 Å². The summed E-state index contributed by atoms with van der Waals surface area (Å²) in [5, 5.41) is 0. The maximum atomic E-state index is 5.67. The van der Waals surface area contributed by atoms with Crippen LogP contribution >= 0.6 is 0 Å². The number of ether oxygens (including phenoxy) is 1. The highest BCUT2D eigenvalue weighted by Gasteiger charge is 2.39. The molecule has 1 atom stereocenters. The van der Waals surface area contributed by atoms with E-state index in [0.717, 1.165) is 25.8 Å². The van der Waals surface area contributed by atoms with Gasteiger partial charge < -0.3 is 10.5 Å². The van der Waals surface area contributed by atoms with Crippen LogP contribution in [0.5, 0.6) is 0 Å². The molecule has 1 unspecified atom stereocenters. The molecule has 0 amide bonds. The minimum Gasteiger partial charge on any atom is -0.463 e. The molecule has 1 spiro atoms. The zero-order valence-electron chi connectivity index (χ0n) is 11.3. The summed E-state index contributed by atoms with van der Waals surface area (Å²) >= 11 is 0. The third-order valence-corrected chi connectivity index (χ3v) is 4.44. The van der Waals surface area contributed by atoms with Gasteiger partial charge >= 0.3 is 0 Å². The number of amidine groups is 1. The Morgan fingerprint density at radius 2 is 2.20 bits per heavy atom. The third kappa shape index (κ3) is 1.83. The number of hydrogen-bond acceptors (Lipinski definition) is 4. The maximum Gasteiger partial charge on any atom is 0.282 e. The molecule has 4 rings (SSSR count). The number of nitrogens with zero attached hydrogens (tertiary/aromatic N) is 2. The van der Waals surface area contributed by atoms with E-state index < -0.39 is 0 Å². The lowest BCUT2D eigenvalue weighted by atomic mass is 9.78. The Bertz CT molecular complexity index is 660. The van der Waals surface area contributed by atoms with Crippen LogP contribution in [0.2, 0.25) is 0 Å². The number of fused-ring (bicyclic) bond motifs is 1. The average Bonchev–Trinajstić information content (AvgIpc) is 3.09. The molecule has 0 fully saturated rings. The summed E-state index contributed by atoms with van der Waals surface area (Å²) in [7, 11) is 0. The molecule has 1 aliphatic carbocycles. The summed E-state index contributed by atoms with van der Waals surface area (Å²) in [6.07, 6.45) is 6.97. The number of benzene rings is 1. The van der Waals surface area contributed by atoms with Crippen molar-refractivity contribution >= 4 is 17.8 Å². The van der Waals surface area contributed by atoms with Crippen molar-refractivity contribution in [3.05, 3.63) is 41.0 Å². The predicted molar refractivity (Wildman–Crippen MR) is 80.1 cm³/mol. The predicted octanol–water partition coefficient (Wildman–Crippen LogP) is 1.73. The lowest BCUT2D eigenvalue weighted by Gasteiger charge is -2.30. The van der Waals surface area contributed by atoms with Gasteiger partial charge in [-0.25, -0.2) is 4.99 Å². The molecule has 2 N–H and O–H groups in total. The van der Waals surface area contributed by atoms with Crippen molar-refractivity contribution < 1.29 is 4.74 Å². The quantitative estimate of drug-likeness (QED) is 0.842. The second-order valence-corrected chi connectivity index (χ2v) is 5.80. The smallest absolute Gasteiger partial charge is 0.282 e. The second-order valence-electron chi connectivity index (χ2n) is 5.80. The van der Waals surface area contributed by atoms with E-state index in [-0.39, 0.29) is 5.54 Å². The largest absolute Gasteiger partial charge is 0.463 e. The molecular weight excluding hydrogens is 250 g/mol. The van der Waals surface area contributed by atoms with E-state index in [0.29, 0.717) is 12.6 Å². The van der Waals surface area contributed by atoms with E-state index in [2.05, 4.69) is 34.3 Å². The van der Waals surface area contributed by atoms with E-state index in [1.165, 1.54) is 22.3 Å². The fourth-order valence-electron chi connectivity index (χ4n) is 3.30. The van der Waals surface area contributed by atoms with E-state index >= 15 is 0 Å². The van der Waals surface area contributed by atoms with Gasteiger partial charge in [-0.3, -0.25) is 4.99 Å². The van der Waals surface area contributed by atoms with Gasteiger partial charge in [0.05, 0.1) is 6.54 Å². The highest BCUT2D eigenvalue weighted by molar-refractivity contribution is 5.89. The van der Waals surface area contributed by atoms with Gasteiger partial charge in [-0.1, -0.05) is 18.2 Å². The molecule has 2 heterocycles. The standard InChI is InChI=1S/C16H17N3O/c17-15-19-16(10-20-15)5-3-12-7-11(1-2-13(12)8-16)14-4-6-18-9-14/h1-2,4,6-7H,3,5,8-10H2,(H2,17,19). The fraction of sp³-hybridized carbons (Fsp3) is 0.375. The Morgan fingerprint density at radius 3 is 2.95 bits per heavy atom. The molecule has 102 valence electrons. The van der Waals surface area contributed by atoms with Gasteiger partial charge in [0.25, 0.3) is 6.02 Å². The summed E-state index contributed by atoms with van der Waals surface area (Å²) in [5.74, 6) is 0. The zero-order chi connectivity index (χ0) is 13.6. The van der Waals surface area contributed by atoms with Gasteiger partial charge in [0, 0.05) is 12.6 Å². The van der Waals surface area contributed by atoms with Crippen molar-refractivity contribution in [2.75, 3.05) is 13.2 Å². The number of nitrogens with two attached hydrogens (primary N) is 1. The molecular formula is C16H17N3O. The number of aryl methyl sites for hydroxylation is 1. The van der Waals surface area contributed by atoms with Gasteiger partial charge in [0.2, 0.25) is 0 Å². The number of rotatable bonds is 1. The first-order chi connectivity index (χ1) is 9.74. The molecule has 2 aliphatic heterocycles. The summed E-state index contributed by atoms with van der Waals surface area (Å²) in [4.78, 5) is 8.77. The molecule has 4 nitrogen and oxygen atoms in total. The molecule has 1 aromatic carbocycles. The van der Waals surface area contributed by atoms with Crippen molar-refractivity contribution in [1.29, 1.82) is 0 Å². The van der Waals surface area contributed by atoms with E-state index in [9.17, 15) is 0 Å². The summed E-state index contributed by atoms with van der Waals surface area (Å²) < 4.78 is 5.37. The molecule has 0 saturated carbocycles. The van der Waals surface area contributed by atoms with Crippen molar-refractivity contribution in [3.8, 4) is 0 Å². The maximum absolute atomic E-state index is 5.67. The molecule has 4 heteroatoms. The fourth-order valence-corrected chi connectivity index (χ4v) is 3.30. The third-order valence-electron chi connectivity index (χ3n) is 4.44. The normalized spacial score (nSPS) is 27.2. The Kier molecular flexibility index (Phi) is 2.46. The van der Waals surface area contributed by atoms with Crippen molar-refractivity contribution in [1.82, 2.24) is 0 Å². The van der Waals surface area contributed by atoms with Crippen LogP contribution in [0.3, 0.4) is 0 Å². The molecule has 3 aliphatic rings. The lowest BCUT2D eigenvalue weighted by molar-refractivity contribution is 0.235. The van der Waals surface area contributed by atoms with Crippen LogP contribution in [0.4, 0.5) is 0 Å². The molecule has 20 heavy (non-hydrogen) atoms. The summed E-state index contributed by atoms with van der Waals surface area (Å²) in [5.41, 5.74) is 11.0. The minimum absolute atomic E-state index is 0.117. The van der Waals surface area contributed by atoms with Crippen LogP contribution in [0, 0.1) is 0 Å². The Balaban J connectivity index is 1.64. The van der Waals surface area contributed by atoms with E-state index in [4.69, 9.17) is 10.5 Å². The molecule has 0 radical (unpaired) electrons. The van der Waals surface area contributed by atoms with Crippen molar-refractivity contribution in [2.45, 2.75) is 24.8 Å². The highest BCUT2D eigenvalue weighted by atomic mass is 16.5. The molecule has 0 saturated heterocycles. The zero-order valence-corrected chi connectivity index (χ0v) is 11.3. The number of allylic oxidation sites excluding steroid dienone is 1. The SMILES string of the molecule is NC1=NC2(CCc3cc(C4=CC=NC4)ccc3C2)CO1. The van der Waals surface area contributed by atoms with Crippen LogP contribution in [0.15, 0.2) is 34.3 Å². The summed E-state index contributed by atoms with van der Waals surface area (Å²) in [6.45, 7) is 1.43. The first kappa shape index (κ1) is 11.7. The molecule has 0 bridgehead atoms.